The Balaban J connectivity index is 1.19. The van der Waals surface area contributed by atoms with Gasteiger partial charge in [-0.15, -0.1) is 0 Å². The van der Waals surface area contributed by atoms with Crippen LogP contribution < -0.4 is 0 Å². The Morgan fingerprint density at radius 3 is 2.58 bits per heavy atom. The van der Waals surface area contributed by atoms with Crippen molar-refractivity contribution in [2.45, 2.75) is 76.6 Å². The molecule has 6 heteroatoms. The quantitative estimate of drug-likeness (QED) is 0.277. The van der Waals surface area contributed by atoms with E-state index in [0.717, 1.165) is 55.2 Å². The van der Waals surface area contributed by atoms with Gasteiger partial charge < -0.3 is 15.1 Å². The molecule has 6 rings (SSSR count). The molecule has 3 aromatic rings. The first-order valence-electron chi connectivity index (χ1n) is 15.8. The molecule has 0 heterocycles. The Bertz CT molecular complexity index is 1490. The molecular formula is C37H41FN2O3. The van der Waals surface area contributed by atoms with Gasteiger partial charge in [0.1, 0.15) is 11.9 Å². The van der Waals surface area contributed by atoms with Crippen LogP contribution in [0.25, 0.3) is 0 Å². The highest BCUT2D eigenvalue weighted by atomic mass is 19.1. The van der Waals surface area contributed by atoms with Crippen LogP contribution in [0.3, 0.4) is 0 Å². The van der Waals surface area contributed by atoms with Gasteiger partial charge in [0.2, 0.25) is 0 Å². The van der Waals surface area contributed by atoms with Crippen molar-refractivity contribution in [3.63, 3.8) is 0 Å². The van der Waals surface area contributed by atoms with Crippen LogP contribution in [-0.4, -0.2) is 39.8 Å². The predicted molar refractivity (Wildman–Crippen MR) is 164 cm³/mol. The highest BCUT2D eigenvalue weighted by molar-refractivity contribution is 5.94. The van der Waals surface area contributed by atoms with Crippen LogP contribution in [0.4, 0.5) is 4.39 Å². The van der Waals surface area contributed by atoms with Crippen LogP contribution in [0.2, 0.25) is 0 Å². The van der Waals surface area contributed by atoms with E-state index >= 15 is 4.39 Å². The minimum absolute atomic E-state index is 0.0567. The lowest BCUT2D eigenvalue weighted by Gasteiger charge is -2.54. The molecule has 3 aromatic carbocycles. The molecule has 224 valence electrons. The van der Waals surface area contributed by atoms with E-state index in [1.165, 1.54) is 0 Å². The average molecular weight is 581 g/mol. The van der Waals surface area contributed by atoms with Crippen LogP contribution in [0.1, 0.15) is 84.0 Å². The summed E-state index contributed by atoms with van der Waals surface area (Å²) in [5.41, 5.74) is 3.85. The average Bonchev–Trinajstić information content (AvgIpc) is 3.31. The molecule has 0 aliphatic heterocycles. The second-order valence-electron chi connectivity index (χ2n) is 13.3. The third-order valence-corrected chi connectivity index (χ3v) is 10.8. The molecular weight excluding hydrogens is 539 g/mol. The zero-order valence-electron chi connectivity index (χ0n) is 24.8. The van der Waals surface area contributed by atoms with Crippen LogP contribution in [-0.2, 0) is 13.0 Å². The Labute approximate surface area is 254 Å². The van der Waals surface area contributed by atoms with Crippen LogP contribution in [0.5, 0.6) is 5.75 Å². The van der Waals surface area contributed by atoms with Crippen molar-refractivity contribution in [2.75, 3.05) is 6.54 Å². The minimum atomic E-state index is -1.02. The molecule has 7 atom stereocenters. The maximum absolute atomic E-state index is 16.1. The van der Waals surface area contributed by atoms with Crippen molar-refractivity contribution < 1.29 is 19.4 Å². The molecule has 43 heavy (non-hydrogen) atoms. The van der Waals surface area contributed by atoms with E-state index in [9.17, 15) is 15.0 Å². The van der Waals surface area contributed by atoms with E-state index in [4.69, 9.17) is 5.26 Å². The van der Waals surface area contributed by atoms with Crippen LogP contribution >= 0.6 is 0 Å². The topological polar surface area (TPSA) is 84.6 Å². The molecule has 0 spiro atoms. The van der Waals surface area contributed by atoms with Crippen molar-refractivity contribution in [1.29, 1.82) is 5.26 Å². The summed E-state index contributed by atoms with van der Waals surface area (Å²) in [6.07, 6.45) is 4.01. The van der Waals surface area contributed by atoms with E-state index in [1.807, 2.05) is 47.4 Å². The van der Waals surface area contributed by atoms with E-state index in [0.29, 0.717) is 30.6 Å². The number of phenolic OH excluding ortho intramolecular Hbond substituents is 1. The first-order valence-corrected chi connectivity index (χ1v) is 15.8. The SMILES string of the molecule is C[C@]12C[C@H](F)[C@@H]3c4ccc(O)cc4C[C@@H](CCCCN(Cc4ccccc4)C(=O)c4ccc(C#N)cc4)[C@H]3[C@@H]1CC[C@@H]2O. The van der Waals surface area contributed by atoms with Crippen molar-refractivity contribution in [3.05, 3.63) is 101 Å². The normalized spacial score (nSPS) is 29.2. The number of unbranched alkanes of at least 4 members (excludes halogenated alkanes) is 1. The van der Waals surface area contributed by atoms with Gasteiger partial charge in [-0.1, -0.05) is 49.7 Å². The lowest BCUT2D eigenvalue weighted by atomic mass is 9.51. The number of rotatable bonds is 8. The van der Waals surface area contributed by atoms with Gasteiger partial charge in [-0.2, -0.15) is 5.26 Å². The fourth-order valence-electron chi connectivity index (χ4n) is 8.67. The fraction of sp³-hybridized carbons (Fsp3) is 0.459. The maximum atomic E-state index is 16.1. The number of amides is 1. The summed E-state index contributed by atoms with van der Waals surface area (Å²) in [5, 5.41) is 30.3. The molecule has 0 unspecified atom stereocenters. The second kappa shape index (κ2) is 12.1. The Hall–Kier alpha value is -3.69. The number of hydrogen-bond acceptors (Lipinski definition) is 4. The van der Waals surface area contributed by atoms with Gasteiger partial charge in [0.25, 0.3) is 5.91 Å². The number of phenols is 1. The first-order chi connectivity index (χ1) is 20.8. The fourth-order valence-corrected chi connectivity index (χ4v) is 8.67. The predicted octanol–water partition coefficient (Wildman–Crippen LogP) is 7.17. The zero-order valence-corrected chi connectivity index (χ0v) is 24.8. The van der Waals surface area contributed by atoms with E-state index < -0.39 is 17.7 Å². The number of nitriles is 1. The van der Waals surface area contributed by atoms with Crippen molar-refractivity contribution in [2.24, 2.45) is 23.2 Å². The molecule has 1 amide bonds. The van der Waals surface area contributed by atoms with Gasteiger partial charge in [-0.25, -0.2) is 4.39 Å². The van der Waals surface area contributed by atoms with Crippen molar-refractivity contribution in [1.82, 2.24) is 4.90 Å². The highest BCUT2D eigenvalue weighted by Crippen LogP contribution is 2.63. The van der Waals surface area contributed by atoms with Gasteiger partial charge in [-0.3, -0.25) is 4.79 Å². The number of aliphatic hydroxyl groups is 1. The van der Waals surface area contributed by atoms with E-state index in [1.54, 1.807) is 30.3 Å². The van der Waals surface area contributed by atoms with Gasteiger partial charge >= 0.3 is 0 Å². The molecule has 2 N–H and O–H groups in total. The molecule has 0 aromatic heterocycles. The summed E-state index contributed by atoms with van der Waals surface area (Å²) >= 11 is 0. The van der Waals surface area contributed by atoms with Crippen molar-refractivity contribution in [3.8, 4) is 11.8 Å². The zero-order chi connectivity index (χ0) is 30.1. The maximum Gasteiger partial charge on any atom is 0.254 e. The Morgan fingerprint density at radius 1 is 1.07 bits per heavy atom. The Morgan fingerprint density at radius 2 is 1.84 bits per heavy atom. The van der Waals surface area contributed by atoms with Gasteiger partial charge in [-0.05, 0) is 115 Å². The van der Waals surface area contributed by atoms with Crippen molar-refractivity contribution >= 4 is 5.91 Å². The monoisotopic (exact) mass is 580 g/mol. The summed E-state index contributed by atoms with van der Waals surface area (Å²) in [5.74, 6) is 0.650. The van der Waals surface area contributed by atoms with Crippen LogP contribution in [0, 0.1) is 34.5 Å². The number of nitrogens with zero attached hydrogens (tertiary/aromatic N) is 2. The van der Waals surface area contributed by atoms with Gasteiger partial charge in [0.05, 0.1) is 17.7 Å². The number of halogens is 1. The van der Waals surface area contributed by atoms with E-state index in [-0.39, 0.29) is 35.3 Å². The standard InChI is InChI=1S/C37H41FN2O3/c1-37-21-32(38)35-30-15-14-29(41)20-28(30)19-27(34(35)31(37)16-17-33(37)42)9-5-6-18-40(23-25-7-3-2-4-8-25)36(43)26-12-10-24(22-39)11-13-26/h2-4,7-8,10-15,20,27,31-35,41-42H,5-6,9,16-19,21,23H2,1H3/t27-,31+,32+,33+,34+,35+,37+/m1/s1. The second-order valence-corrected chi connectivity index (χ2v) is 13.3. The number of alkyl halides is 1. The minimum Gasteiger partial charge on any atom is -0.508 e. The Kier molecular flexibility index (Phi) is 8.29. The lowest BCUT2D eigenvalue weighted by molar-refractivity contribution is -0.0722. The third-order valence-electron chi connectivity index (χ3n) is 10.8. The molecule has 5 nitrogen and oxygen atoms in total. The number of carbonyl (C=O) groups is 1. The summed E-state index contributed by atoms with van der Waals surface area (Å²) in [4.78, 5) is 15.5. The van der Waals surface area contributed by atoms with Gasteiger partial charge in [0, 0.05) is 24.6 Å². The number of aliphatic hydroxyl groups excluding tert-OH is 1. The molecule has 0 bridgehead atoms. The molecule has 2 fully saturated rings. The summed E-state index contributed by atoms with van der Waals surface area (Å²) in [6.45, 7) is 3.19. The molecule has 3 aliphatic carbocycles. The highest BCUT2D eigenvalue weighted by Gasteiger charge is 2.59. The number of fused-ring (bicyclic) bond motifs is 5. The number of hydrogen-bond donors (Lipinski definition) is 2. The smallest absolute Gasteiger partial charge is 0.254 e. The summed E-state index contributed by atoms with van der Waals surface area (Å²) in [6, 6.07) is 24.3. The van der Waals surface area contributed by atoms with E-state index in [2.05, 4.69) is 13.0 Å². The third kappa shape index (κ3) is 5.68. The number of aromatic hydroxyl groups is 1. The number of carbonyl (C=O) groups excluding carboxylic acids is 1. The number of benzene rings is 3. The molecule has 3 aliphatic rings. The largest absolute Gasteiger partial charge is 0.508 e. The first kappa shape index (κ1) is 29.4. The summed E-state index contributed by atoms with van der Waals surface area (Å²) < 4.78 is 16.1. The van der Waals surface area contributed by atoms with Gasteiger partial charge in [0.15, 0.2) is 0 Å². The van der Waals surface area contributed by atoms with Crippen LogP contribution in [0.15, 0.2) is 72.8 Å². The lowest BCUT2D eigenvalue weighted by Crippen LogP contribution is -2.51. The molecule has 0 radical (unpaired) electrons. The molecule has 2 saturated carbocycles. The summed E-state index contributed by atoms with van der Waals surface area (Å²) in [7, 11) is 0. The molecule has 0 saturated heterocycles.